The summed E-state index contributed by atoms with van der Waals surface area (Å²) in [6.07, 6.45) is 13.7. The SMILES string of the molecule is CCCCCCCCOc1ccc(-c2cc(OC(OCCCCC)[C@H](CC)OCCCCC)ccc2-c2ccccc2)c(F)c1. The van der Waals surface area contributed by atoms with Gasteiger partial charge >= 0.3 is 0 Å². The number of rotatable bonds is 24. The maximum absolute atomic E-state index is 15.8. The van der Waals surface area contributed by atoms with Crippen LogP contribution in [0.1, 0.15) is 111 Å². The Labute approximate surface area is 272 Å². The molecule has 0 aliphatic rings. The zero-order chi connectivity index (χ0) is 32.1. The van der Waals surface area contributed by atoms with Crippen LogP contribution >= 0.6 is 0 Å². The predicted molar refractivity (Wildman–Crippen MR) is 186 cm³/mol. The third-order valence-electron chi connectivity index (χ3n) is 8.14. The largest absolute Gasteiger partial charge is 0.493 e. The number of hydrogen-bond acceptors (Lipinski definition) is 4. The van der Waals surface area contributed by atoms with Gasteiger partial charge in [-0.05, 0) is 66.6 Å². The molecule has 45 heavy (non-hydrogen) atoms. The summed E-state index contributed by atoms with van der Waals surface area (Å²) in [5, 5.41) is 0. The Morgan fingerprint density at radius 3 is 1.84 bits per heavy atom. The van der Waals surface area contributed by atoms with Crippen molar-refractivity contribution in [2.24, 2.45) is 0 Å². The first-order valence-corrected chi connectivity index (χ1v) is 17.6. The van der Waals surface area contributed by atoms with E-state index in [0.717, 1.165) is 74.5 Å². The lowest BCUT2D eigenvalue weighted by Gasteiger charge is -2.28. The molecule has 3 aromatic carbocycles. The summed E-state index contributed by atoms with van der Waals surface area (Å²) < 4.78 is 40.8. The molecule has 0 aromatic heterocycles. The van der Waals surface area contributed by atoms with Crippen LogP contribution in [0.4, 0.5) is 4.39 Å². The van der Waals surface area contributed by atoms with E-state index in [4.69, 9.17) is 18.9 Å². The zero-order valence-electron chi connectivity index (χ0n) is 28.3. The Hall–Kier alpha value is -2.89. The normalized spacial score (nSPS) is 12.6. The Balaban J connectivity index is 1.84. The van der Waals surface area contributed by atoms with E-state index < -0.39 is 6.29 Å². The van der Waals surface area contributed by atoms with Gasteiger partial charge in [0, 0.05) is 18.2 Å². The molecule has 0 spiro atoms. The summed E-state index contributed by atoms with van der Waals surface area (Å²) in [6.45, 7) is 10.6. The first kappa shape index (κ1) is 36.6. The molecule has 0 bridgehead atoms. The molecule has 248 valence electrons. The number of unbranched alkanes of at least 4 members (excludes halogenated alkanes) is 9. The minimum Gasteiger partial charge on any atom is -0.493 e. The molecule has 0 amide bonds. The maximum atomic E-state index is 15.8. The minimum absolute atomic E-state index is 0.194. The van der Waals surface area contributed by atoms with Gasteiger partial charge in [-0.15, -0.1) is 0 Å². The number of ether oxygens (including phenoxy) is 4. The fourth-order valence-electron chi connectivity index (χ4n) is 5.44. The van der Waals surface area contributed by atoms with E-state index in [9.17, 15) is 0 Å². The Morgan fingerprint density at radius 2 is 1.16 bits per heavy atom. The fraction of sp³-hybridized carbons (Fsp3) is 0.550. The van der Waals surface area contributed by atoms with Gasteiger partial charge in [-0.25, -0.2) is 4.39 Å². The van der Waals surface area contributed by atoms with Crippen molar-refractivity contribution in [3.8, 4) is 33.8 Å². The molecule has 3 aromatic rings. The van der Waals surface area contributed by atoms with Gasteiger partial charge in [-0.1, -0.05) is 122 Å². The van der Waals surface area contributed by atoms with Crippen molar-refractivity contribution in [3.63, 3.8) is 0 Å². The monoisotopic (exact) mass is 620 g/mol. The molecular weight excluding hydrogens is 563 g/mol. The second-order valence-electron chi connectivity index (χ2n) is 11.9. The molecule has 1 unspecified atom stereocenters. The van der Waals surface area contributed by atoms with E-state index in [1.54, 1.807) is 0 Å². The standard InChI is InChI=1S/C40H57FO4/c1-5-9-12-13-14-20-27-42-33-23-26-36(38(41)31-33)37-30-34(24-25-35(37)32-21-16-15-17-22-32)45-40(44-29-19-11-7-3)39(8-4)43-28-18-10-6-2/h15-17,21-26,30-31,39-40H,5-14,18-20,27-29H2,1-4H3/t39-,40?/m0/s1. The number of benzene rings is 3. The van der Waals surface area contributed by atoms with Crippen molar-refractivity contribution in [2.75, 3.05) is 19.8 Å². The van der Waals surface area contributed by atoms with Gasteiger partial charge in [-0.3, -0.25) is 0 Å². The van der Waals surface area contributed by atoms with Crippen LogP contribution in [0.5, 0.6) is 11.5 Å². The molecule has 0 heterocycles. The average molecular weight is 621 g/mol. The van der Waals surface area contributed by atoms with Crippen LogP contribution in [-0.4, -0.2) is 32.2 Å². The molecule has 0 N–H and O–H groups in total. The highest BCUT2D eigenvalue weighted by Gasteiger charge is 2.24. The van der Waals surface area contributed by atoms with Crippen LogP contribution in [0.15, 0.2) is 66.7 Å². The molecule has 5 heteroatoms. The molecule has 0 aliphatic heterocycles. The van der Waals surface area contributed by atoms with Gasteiger partial charge in [0.1, 0.15) is 23.4 Å². The van der Waals surface area contributed by atoms with Crippen LogP contribution in [0, 0.1) is 5.82 Å². The first-order chi connectivity index (χ1) is 22.1. The number of halogens is 1. The van der Waals surface area contributed by atoms with Crippen LogP contribution in [0.2, 0.25) is 0 Å². The van der Waals surface area contributed by atoms with E-state index in [1.807, 2.05) is 60.7 Å². The summed E-state index contributed by atoms with van der Waals surface area (Å²) in [6, 6.07) is 21.2. The van der Waals surface area contributed by atoms with Crippen molar-refractivity contribution >= 4 is 0 Å². The molecule has 3 rings (SSSR count). The van der Waals surface area contributed by atoms with E-state index in [1.165, 1.54) is 31.7 Å². The van der Waals surface area contributed by atoms with Crippen LogP contribution in [0.25, 0.3) is 22.3 Å². The van der Waals surface area contributed by atoms with Crippen molar-refractivity contribution in [1.29, 1.82) is 0 Å². The van der Waals surface area contributed by atoms with Gasteiger partial charge in [0.25, 0.3) is 0 Å². The first-order valence-electron chi connectivity index (χ1n) is 17.6. The molecule has 0 saturated carbocycles. The van der Waals surface area contributed by atoms with Gasteiger partial charge < -0.3 is 18.9 Å². The molecular formula is C40H57FO4. The summed E-state index contributed by atoms with van der Waals surface area (Å²) in [5.74, 6) is 0.872. The second kappa shape index (κ2) is 21.8. The molecule has 4 nitrogen and oxygen atoms in total. The number of hydrogen-bond donors (Lipinski definition) is 0. The lowest BCUT2D eigenvalue weighted by atomic mass is 9.94. The summed E-state index contributed by atoms with van der Waals surface area (Å²) in [5.41, 5.74) is 3.22. The lowest BCUT2D eigenvalue weighted by Crippen LogP contribution is -2.37. The molecule has 0 aliphatic carbocycles. The van der Waals surface area contributed by atoms with Crippen molar-refractivity contribution in [1.82, 2.24) is 0 Å². The Bertz CT molecular complexity index is 1200. The predicted octanol–water partition coefficient (Wildman–Crippen LogP) is 11.8. The third-order valence-corrected chi connectivity index (χ3v) is 8.14. The van der Waals surface area contributed by atoms with Crippen molar-refractivity contribution in [3.05, 3.63) is 72.5 Å². The fourth-order valence-corrected chi connectivity index (χ4v) is 5.44. The molecule has 0 saturated heterocycles. The molecule has 2 atom stereocenters. The van der Waals surface area contributed by atoms with Gasteiger partial charge in [0.05, 0.1) is 13.2 Å². The minimum atomic E-state index is -0.550. The second-order valence-corrected chi connectivity index (χ2v) is 11.9. The molecule has 0 fully saturated rings. The van der Waals surface area contributed by atoms with Gasteiger partial charge in [0.2, 0.25) is 6.29 Å². The highest BCUT2D eigenvalue weighted by molar-refractivity contribution is 5.84. The summed E-state index contributed by atoms with van der Waals surface area (Å²) in [7, 11) is 0. The highest BCUT2D eigenvalue weighted by Crippen LogP contribution is 2.38. The average Bonchev–Trinajstić information content (AvgIpc) is 3.06. The van der Waals surface area contributed by atoms with Crippen molar-refractivity contribution < 1.29 is 23.3 Å². The summed E-state index contributed by atoms with van der Waals surface area (Å²) in [4.78, 5) is 0. The van der Waals surface area contributed by atoms with Gasteiger partial charge in [-0.2, -0.15) is 0 Å². The van der Waals surface area contributed by atoms with Crippen LogP contribution < -0.4 is 9.47 Å². The third kappa shape index (κ3) is 12.8. The Morgan fingerprint density at radius 1 is 0.556 bits per heavy atom. The van der Waals surface area contributed by atoms with E-state index in [0.29, 0.717) is 36.9 Å². The quantitative estimate of drug-likeness (QED) is 0.0737. The van der Waals surface area contributed by atoms with Crippen LogP contribution in [-0.2, 0) is 9.47 Å². The van der Waals surface area contributed by atoms with Crippen molar-refractivity contribution in [2.45, 2.75) is 124 Å². The van der Waals surface area contributed by atoms with E-state index in [-0.39, 0.29) is 11.9 Å². The topological polar surface area (TPSA) is 36.9 Å². The Kier molecular flexibility index (Phi) is 17.7. The lowest BCUT2D eigenvalue weighted by molar-refractivity contribution is -0.165. The zero-order valence-corrected chi connectivity index (χ0v) is 28.3. The summed E-state index contributed by atoms with van der Waals surface area (Å²) >= 11 is 0. The van der Waals surface area contributed by atoms with Gasteiger partial charge in [0.15, 0.2) is 0 Å². The smallest absolute Gasteiger partial charge is 0.226 e. The van der Waals surface area contributed by atoms with Crippen LogP contribution in [0.3, 0.4) is 0 Å². The van der Waals surface area contributed by atoms with E-state index >= 15 is 4.39 Å². The maximum Gasteiger partial charge on any atom is 0.226 e. The van der Waals surface area contributed by atoms with E-state index in [2.05, 4.69) is 27.7 Å². The molecule has 0 radical (unpaired) electrons. The highest BCUT2D eigenvalue weighted by atomic mass is 19.1.